The molecule has 0 aliphatic carbocycles. The van der Waals surface area contributed by atoms with Crippen molar-refractivity contribution in [3.8, 4) is 0 Å². The van der Waals surface area contributed by atoms with Crippen molar-refractivity contribution in [1.29, 1.82) is 0 Å². The lowest BCUT2D eigenvalue weighted by molar-refractivity contribution is -0.0326. The third-order valence-electron chi connectivity index (χ3n) is 6.59. The van der Waals surface area contributed by atoms with Gasteiger partial charge in [-0.15, -0.1) is 0 Å². The summed E-state index contributed by atoms with van der Waals surface area (Å²) in [7, 11) is 1.84. The van der Waals surface area contributed by atoms with Crippen molar-refractivity contribution in [1.82, 2.24) is 14.7 Å². The van der Waals surface area contributed by atoms with Crippen LogP contribution in [0.5, 0.6) is 0 Å². The van der Waals surface area contributed by atoms with E-state index in [4.69, 9.17) is 4.74 Å². The van der Waals surface area contributed by atoms with Gasteiger partial charge in [0, 0.05) is 66.2 Å². The lowest BCUT2D eigenvalue weighted by atomic mass is 9.93. The van der Waals surface area contributed by atoms with Gasteiger partial charge in [-0.2, -0.15) is 0 Å². The highest BCUT2D eigenvalue weighted by atomic mass is 79.9. The number of amides is 1. The molecule has 4 rings (SSSR count). The first-order chi connectivity index (χ1) is 15.9. The van der Waals surface area contributed by atoms with Crippen LogP contribution in [0.4, 0.5) is 4.39 Å². The van der Waals surface area contributed by atoms with Crippen LogP contribution in [0.3, 0.4) is 0 Å². The van der Waals surface area contributed by atoms with Crippen LogP contribution in [0, 0.1) is 5.82 Å². The highest BCUT2D eigenvalue weighted by molar-refractivity contribution is 9.11. The highest BCUT2D eigenvalue weighted by Gasteiger charge is 2.32. The number of hydrogen-bond acceptors (Lipinski definition) is 4. The van der Waals surface area contributed by atoms with E-state index in [0.29, 0.717) is 18.2 Å². The molecule has 8 heteroatoms. The summed E-state index contributed by atoms with van der Waals surface area (Å²) in [5.41, 5.74) is 1.70. The largest absolute Gasteiger partial charge is 0.379 e. The van der Waals surface area contributed by atoms with Crippen LogP contribution in [0.2, 0.25) is 0 Å². The predicted octanol–water partition coefficient (Wildman–Crippen LogP) is 4.61. The topological polar surface area (TPSA) is 36.0 Å². The SMILES string of the molecule is CN(CC(CCN1CC(N2CCOCC2)C1)c1ccc(F)cc1)C(=O)c1cc(Br)cc(Br)c1. The number of likely N-dealkylation sites (N-methyl/N-ethyl adjacent to an activating group) is 1. The molecule has 0 saturated carbocycles. The second-order valence-electron chi connectivity index (χ2n) is 8.94. The summed E-state index contributed by atoms with van der Waals surface area (Å²) in [5.74, 6) is -0.130. The molecule has 2 aromatic rings. The molecule has 0 N–H and O–H groups in total. The maximum Gasteiger partial charge on any atom is 0.253 e. The van der Waals surface area contributed by atoms with Gasteiger partial charge < -0.3 is 14.5 Å². The molecule has 0 bridgehead atoms. The minimum absolute atomic E-state index is 0.0274. The number of carbonyl (C=O) groups excluding carboxylic acids is 1. The minimum Gasteiger partial charge on any atom is -0.379 e. The third kappa shape index (κ3) is 6.63. The summed E-state index contributed by atoms with van der Waals surface area (Å²) < 4.78 is 20.7. The first-order valence-electron chi connectivity index (χ1n) is 11.4. The van der Waals surface area contributed by atoms with Gasteiger partial charge >= 0.3 is 0 Å². The average molecular weight is 583 g/mol. The van der Waals surface area contributed by atoms with E-state index in [2.05, 4.69) is 41.7 Å². The molecule has 33 heavy (non-hydrogen) atoms. The summed E-state index contributed by atoms with van der Waals surface area (Å²) in [6.45, 7) is 7.41. The Bertz CT molecular complexity index is 927. The lowest BCUT2D eigenvalue weighted by Crippen LogP contribution is -2.61. The number of rotatable bonds is 8. The van der Waals surface area contributed by atoms with E-state index >= 15 is 0 Å². The summed E-state index contributed by atoms with van der Waals surface area (Å²) in [6.07, 6.45) is 0.918. The molecular weight excluding hydrogens is 553 g/mol. The third-order valence-corrected chi connectivity index (χ3v) is 7.50. The zero-order valence-electron chi connectivity index (χ0n) is 18.9. The maximum atomic E-state index is 13.5. The zero-order valence-corrected chi connectivity index (χ0v) is 22.0. The van der Waals surface area contributed by atoms with E-state index in [1.54, 1.807) is 4.90 Å². The first-order valence-corrected chi connectivity index (χ1v) is 13.0. The van der Waals surface area contributed by atoms with Crippen molar-refractivity contribution in [3.63, 3.8) is 0 Å². The molecule has 2 saturated heterocycles. The molecule has 178 valence electrons. The van der Waals surface area contributed by atoms with Gasteiger partial charge in [-0.1, -0.05) is 44.0 Å². The van der Waals surface area contributed by atoms with E-state index in [1.165, 1.54) is 12.1 Å². The number of ether oxygens (including phenoxy) is 1. The summed E-state index contributed by atoms with van der Waals surface area (Å²) in [6, 6.07) is 12.9. The molecular formula is C25H30Br2FN3O2. The normalized spacial score (nSPS) is 18.7. The van der Waals surface area contributed by atoms with Crippen LogP contribution in [-0.2, 0) is 4.74 Å². The van der Waals surface area contributed by atoms with Crippen molar-refractivity contribution >= 4 is 37.8 Å². The van der Waals surface area contributed by atoms with E-state index in [9.17, 15) is 9.18 Å². The van der Waals surface area contributed by atoms with Gasteiger partial charge in [0.1, 0.15) is 5.82 Å². The Morgan fingerprint density at radius 3 is 2.39 bits per heavy atom. The molecule has 1 amide bonds. The fourth-order valence-electron chi connectivity index (χ4n) is 4.65. The van der Waals surface area contributed by atoms with Crippen LogP contribution in [0.25, 0.3) is 0 Å². The van der Waals surface area contributed by atoms with Crippen molar-refractivity contribution in [3.05, 3.63) is 68.4 Å². The average Bonchev–Trinajstić information content (AvgIpc) is 2.77. The van der Waals surface area contributed by atoms with Gasteiger partial charge in [-0.25, -0.2) is 4.39 Å². The number of halogens is 3. The number of benzene rings is 2. The fourth-order valence-corrected chi connectivity index (χ4v) is 5.94. The number of morpholine rings is 1. The number of hydrogen-bond donors (Lipinski definition) is 0. The standard InChI is InChI=1S/C25H30Br2FN3O2/c1-29(25(32)20-12-21(26)14-22(27)13-20)15-19(18-2-4-23(28)5-3-18)6-7-30-16-24(17-30)31-8-10-33-11-9-31/h2-5,12-14,19,24H,6-11,15-17H2,1H3. The fraction of sp³-hybridized carbons (Fsp3) is 0.480. The van der Waals surface area contributed by atoms with E-state index < -0.39 is 0 Å². The Morgan fingerprint density at radius 1 is 1.12 bits per heavy atom. The molecule has 0 aromatic heterocycles. The lowest BCUT2D eigenvalue weighted by Gasteiger charge is -2.47. The van der Waals surface area contributed by atoms with Crippen LogP contribution >= 0.6 is 31.9 Å². The molecule has 0 spiro atoms. The molecule has 5 nitrogen and oxygen atoms in total. The van der Waals surface area contributed by atoms with Gasteiger partial charge in [0.05, 0.1) is 13.2 Å². The molecule has 0 radical (unpaired) electrons. The predicted molar refractivity (Wildman–Crippen MR) is 135 cm³/mol. The quantitative estimate of drug-likeness (QED) is 0.455. The summed E-state index contributed by atoms with van der Waals surface area (Å²) in [4.78, 5) is 19.9. The molecule has 2 fully saturated rings. The molecule has 1 unspecified atom stereocenters. The second kappa shape index (κ2) is 11.4. The van der Waals surface area contributed by atoms with Crippen molar-refractivity contribution in [2.24, 2.45) is 0 Å². The van der Waals surface area contributed by atoms with Crippen molar-refractivity contribution in [2.45, 2.75) is 18.4 Å². The van der Waals surface area contributed by atoms with Gasteiger partial charge in [0.15, 0.2) is 0 Å². The zero-order chi connectivity index (χ0) is 23.4. The second-order valence-corrected chi connectivity index (χ2v) is 10.8. The maximum absolute atomic E-state index is 13.5. The van der Waals surface area contributed by atoms with Gasteiger partial charge in [0.25, 0.3) is 5.91 Å². The van der Waals surface area contributed by atoms with Gasteiger partial charge in [-0.05, 0) is 48.9 Å². The van der Waals surface area contributed by atoms with Gasteiger partial charge in [0.2, 0.25) is 0 Å². The molecule has 2 aliphatic heterocycles. The number of nitrogens with zero attached hydrogens (tertiary/aromatic N) is 3. The van der Waals surface area contributed by atoms with Crippen LogP contribution in [0.15, 0.2) is 51.4 Å². The van der Waals surface area contributed by atoms with Gasteiger partial charge in [-0.3, -0.25) is 9.69 Å². The molecule has 2 heterocycles. The summed E-state index contributed by atoms with van der Waals surface area (Å²) in [5, 5.41) is 0. The smallest absolute Gasteiger partial charge is 0.253 e. The Balaban J connectivity index is 1.37. The Hall–Kier alpha value is -1.32. The molecule has 2 aliphatic rings. The Morgan fingerprint density at radius 2 is 1.76 bits per heavy atom. The van der Waals surface area contributed by atoms with Crippen molar-refractivity contribution in [2.75, 3.05) is 59.5 Å². The Labute approximate surface area is 212 Å². The minimum atomic E-state index is -0.239. The van der Waals surface area contributed by atoms with E-state index in [1.807, 2.05) is 37.4 Å². The number of carbonyl (C=O) groups is 1. The molecule has 1 atom stereocenters. The first kappa shape index (κ1) is 24.8. The van der Waals surface area contributed by atoms with Crippen LogP contribution < -0.4 is 0 Å². The van der Waals surface area contributed by atoms with Crippen LogP contribution in [-0.4, -0.2) is 86.2 Å². The summed E-state index contributed by atoms with van der Waals surface area (Å²) >= 11 is 6.92. The van der Waals surface area contributed by atoms with E-state index in [-0.39, 0.29) is 17.6 Å². The monoisotopic (exact) mass is 581 g/mol. The van der Waals surface area contributed by atoms with Crippen molar-refractivity contribution < 1.29 is 13.9 Å². The van der Waals surface area contributed by atoms with Crippen LogP contribution in [0.1, 0.15) is 28.3 Å². The highest BCUT2D eigenvalue weighted by Crippen LogP contribution is 2.26. The van der Waals surface area contributed by atoms with E-state index in [0.717, 1.165) is 66.9 Å². The molecule has 2 aromatic carbocycles. The number of likely N-dealkylation sites (tertiary alicyclic amines) is 1. The Kier molecular flexibility index (Phi) is 8.57.